The topological polar surface area (TPSA) is 90.3 Å². The van der Waals surface area contributed by atoms with Gasteiger partial charge in [0.15, 0.2) is 0 Å². The molecule has 1 fully saturated rings. The lowest BCUT2D eigenvalue weighted by molar-refractivity contribution is -0.117. The molecular formula is C14H16FN3O3S. The summed E-state index contributed by atoms with van der Waals surface area (Å²) < 4.78 is 34.3. The molecule has 1 heterocycles. The minimum Gasteiger partial charge on any atom is -0.384 e. The lowest BCUT2D eigenvalue weighted by atomic mass is 10.1. The van der Waals surface area contributed by atoms with E-state index in [0.717, 1.165) is 0 Å². The molecule has 8 heteroatoms. The summed E-state index contributed by atoms with van der Waals surface area (Å²) in [5.41, 5.74) is 1.59. The van der Waals surface area contributed by atoms with Crippen molar-refractivity contribution >= 4 is 27.5 Å². The highest BCUT2D eigenvalue weighted by Gasteiger charge is 2.34. The first kappa shape index (κ1) is 16.2. The van der Waals surface area contributed by atoms with Crippen molar-refractivity contribution in [2.75, 3.05) is 29.1 Å². The molecule has 0 radical (unpaired) electrons. The monoisotopic (exact) mass is 325 g/mol. The van der Waals surface area contributed by atoms with E-state index < -0.39 is 21.9 Å². The summed E-state index contributed by atoms with van der Waals surface area (Å²) in [6, 6.07) is 6.90. The molecule has 0 saturated carbocycles. The van der Waals surface area contributed by atoms with Gasteiger partial charge in [-0.25, -0.2) is 0 Å². The Morgan fingerprint density at radius 1 is 1.50 bits per heavy atom. The predicted molar refractivity (Wildman–Crippen MR) is 80.7 cm³/mol. The third kappa shape index (κ3) is 3.74. The van der Waals surface area contributed by atoms with E-state index in [2.05, 4.69) is 5.32 Å². The van der Waals surface area contributed by atoms with Crippen molar-refractivity contribution in [3.05, 3.63) is 23.8 Å². The van der Waals surface area contributed by atoms with Crippen LogP contribution >= 0.6 is 0 Å². The molecule has 118 valence electrons. The maximum atomic E-state index is 12.8. The van der Waals surface area contributed by atoms with E-state index in [0.29, 0.717) is 23.5 Å². The molecule has 1 aliphatic rings. The number of rotatable bonds is 5. The van der Waals surface area contributed by atoms with Gasteiger partial charge in [0, 0.05) is 25.4 Å². The van der Waals surface area contributed by atoms with Gasteiger partial charge in [0.25, 0.3) is 0 Å². The second-order valence-electron chi connectivity index (χ2n) is 5.15. The Morgan fingerprint density at radius 2 is 2.23 bits per heavy atom. The number of nitrogens with one attached hydrogen (secondary N) is 1. The van der Waals surface area contributed by atoms with Crippen LogP contribution in [0.3, 0.4) is 0 Å². The van der Waals surface area contributed by atoms with Crippen LogP contribution < -0.4 is 10.2 Å². The van der Waals surface area contributed by atoms with E-state index in [1.165, 1.54) is 4.90 Å². The molecule has 1 aliphatic heterocycles. The summed E-state index contributed by atoms with van der Waals surface area (Å²) in [6.45, 7) is 2.64. The van der Waals surface area contributed by atoms with E-state index >= 15 is 0 Å². The van der Waals surface area contributed by atoms with Gasteiger partial charge in [-0.2, -0.15) is 13.7 Å². The highest BCUT2D eigenvalue weighted by Crippen LogP contribution is 2.33. The number of halogens is 1. The number of amides is 1. The number of benzene rings is 1. The third-order valence-corrected chi connectivity index (χ3v) is 4.29. The van der Waals surface area contributed by atoms with Gasteiger partial charge in [0.2, 0.25) is 5.91 Å². The van der Waals surface area contributed by atoms with Crippen molar-refractivity contribution in [2.45, 2.75) is 13.3 Å². The number of carbonyl (C=O) groups is 1. The van der Waals surface area contributed by atoms with E-state index in [1.807, 2.05) is 13.0 Å². The molecule has 1 atom stereocenters. The molecule has 1 aromatic carbocycles. The Labute approximate surface area is 128 Å². The van der Waals surface area contributed by atoms with Crippen molar-refractivity contribution < 1.29 is 17.1 Å². The minimum atomic E-state index is -4.62. The average molecular weight is 325 g/mol. The molecule has 0 aliphatic carbocycles. The summed E-state index contributed by atoms with van der Waals surface area (Å²) in [5, 5.41) is 12.1. The fourth-order valence-electron chi connectivity index (χ4n) is 2.57. The van der Waals surface area contributed by atoms with Crippen LogP contribution in [0.25, 0.3) is 0 Å². The second kappa shape index (κ2) is 6.32. The first-order chi connectivity index (χ1) is 10.3. The van der Waals surface area contributed by atoms with Gasteiger partial charge in [-0.1, -0.05) is 0 Å². The first-order valence-electron chi connectivity index (χ1n) is 6.84. The van der Waals surface area contributed by atoms with Crippen LogP contribution in [-0.2, 0) is 15.0 Å². The van der Waals surface area contributed by atoms with Gasteiger partial charge in [-0.3, -0.25) is 4.79 Å². The van der Waals surface area contributed by atoms with Crippen molar-refractivity contribution in [3.8, 4) is 6.07 Å². The fraction of sp³-hybridized carbons (Fsp3) is 0.429. The summed E-state index contributed by atoms with van der Waals surface area (Å²) in [4.78, 5) is 13.5. The first-order valence-corrected chi connectivity index (χ1v) is 8.40. The zero-order valence-electron chi connectivity index (χ0n) is 12.0. The lowest BCUT2D eigenvalue weighted by Gasteiger charge is -2.21. The number of nitriles is 1. The molecule has 2 rings (SSSR count). The fourth-order valence-corrected chi connectivity index (χ4v) is 3.36. The van der Waals surface area contributed by atoms with E-state index in [1.54, 1.807) is 18.2 Å². The maximum Gasteiger partial charge on any atom is 0.302 e. The molecule has 1 N–H and O–H groups in total. The highest BCUT2D eigenvalue weighted by molar-refractivity contribution is 7.86. The molecule has 22 heavy (non-hydrogen) atoms. The largest absolute Gasteiger partial charge is 0.384 e. The number of anilines is 2. The van der Waals surface area contributed by atoms with Crippen LogP contribution in [0.4, 0.5) is 15.3 Å². The minimum absolute atomic E-state index is 0.0223. The van der Waals surface area contributed by atoms with E-state index in [-0.39, 0.29) is 18.9 Å². The van der Waals surface area contributed by atoms with Crippen molar-refractivity contribution in [2.24, 2.45) is 5.92 Å². The van der Waals surface area contributed by atoms with Crippen LogP contribution in [0.1, 0.15) is 18.9 Å². The van der Waals surface area contributed by atoms with Crippen molar-refractivity contribution in [3.63, 3.8) is 0 Å². The molecule has 1 saturated heterocycles. The molecule has 0 spiro atoms. The number of hydrogen-bond donors (Lipinski definition) is 1. The zero-order valence-corrected chi connectivity index (χ0v) is 12.9. The molecule has 0 aromatic heterocycles. The van der Waals surface area contributed by atoms with Crippen LogP contribution in [0, 0.1) is 17.2 Å². The smallest absolute Gasteiger partial charge is 0.302 e. The zero-order chi connectivity index (χ0) is 16.3. The average Bonchev–Trinajstić information content (AvgIpc) is 2.78. The Hall–Kier alpha value is -2.14. The number of nitrogens with zero attached hydrogens (tertiary/aromatic N) is 2. The van der Waals surface area contributed by atoms with Crippen LogP contribution in [0.15, 0.2) is 18.2 Å². The molecular weight excluding hydrogens is 309 g/mol. The maximum absolute atomic E-state index is 12.8. The van der Waals surface area contributed by atoms with Crippen LogP contribution in [0.5, 0.6) is 0 Å². The van der Waals surface area contributed by atoms with E-state index in [9.17, 15) is 17.1 Å². The van der Waals surface area contributed by atoms with Crippen molar-refractivity contribution in [1.29, 1.82) is 5.26 Å². The Morgan fingerprint density at radius 3 is 2.82 bits per heavy atom. The van der Waals surface area contributed by atoms with Crippen LogP contribution in [-0.4, -0.2) is 33.2 Å². The Bertz CT molecular complexity index is 727. The molecule has 6 nitrogen and oxygen atoms in total. The third-order valence-electron chi connectivity index (χ3n) is 3.42. The van der Waals surface area contributed by atoms with Gasteiger partial charge < -0.3 is 10.2 Å². The normalized spacial score (nSPS) is 18.3. The Balaban J connectivity index is 2.31. The second-order valence-corrected chi connectivity index (χ2v) is 6.57. The van der Waals surface area contributed by atoms with Gasteiger partial charge >= 0.3 is 10.2 Å². The number of hydrogen-bond acceptors (Lipinski definition) is 5. The summed E-state index contributed by atoms with van der Waals surface area (Å²) in [5.74, 6) is -1.52. The standard InChI is InChI=1S/C14H16FN3O3S/c1-2-17-12-4-3-10(7-16)5-13(12)18-8-11(6-14(18)19)9-22(15,20)21/h3-5,11,17H,2,6,8-9H2,1H3. The summed E-state index contributed by atoms with van der Waals surface area (Å²) in [7, 11) is -4.62. The highest BCUT2D eigenvalue weighted by atomic mass is 32.3. The van der Waals surface area contributed by atoms with Gasteiger partial charge in [0.05, 0.1) is 28.8 Å². The molecule has 1 unspecified atom stereocenters. The van der Waals surface area contributed by atoms with Gasteiger partial charge in [-0.15, -0.1) is 3.89 Å². The summed E-state index contributed by atoms with van der Waals surface area (Å²) in [6.07, 6.45) is -0.0223. The number of carbonyl (C=O) groups excluding carboxylic acids is 1. The van der Waals surface area contributed by atoms with Gasteiger partial charge in [-0.05, 0) is 25.1 Å². The Kier molecular flexibility index (Phi) is 4.66. The lowest BCUT2D eigenvalue weighted by Crippen LogP contribution is -2.26. The van der Waals surface area contributed by atoms with E-state index in [4.69, 9.17) is 5.26 Å². The van der Waals surface area contributed by atoms with Crippen molar-refractivity contribution in [1.82, 2.24) is 0 Å². The molecule has 1 amide bonds. The summed E-state index contributed by atoms with van der Waals surface area (Å²) >= 11 is 0. The van der Waals surface area contributed by atoms with Gasteiger partial charge in [0.1, 0.15) is 0 Å². The van der Waals surface area contributed by atoms with Crippen LogP contribution in [0.2, 0.25) is 0 Å². The quantitative estimate of drug-likeness (QED) is 0.831. The molecule has 0 bridgehead atoms. The molecule has 1 aromatic rings. The SMILES string of the molecule is CCNc1ccc(C#N)cc1N1CC(CS(=O)(=O)F)CC1=O. The predicted octanol–water partition coefficient (Wildman–Crippen LogP) is 1.64.